The summed E-state index contributed by atoms with van der Waals surface area (Å²) in [5, 5.41) is 0.559. The van der Waals surface area contributed by atoms with Crippen molar-refractivity contribution < 1.29 is 8.78 Å². The molecule has 0 saturated heterocycles. The highest BCUT2D eigenvalue weighted by atomic mass is 35.5. The molecular formula is C5H3Cl2F2NS. The average molecular weight is 218 g/mol. The van der Waals surface area contributed by atoms with E-state index in [9.17, 15) is 8.78 Å². The van der Waals surface area contributed by atoms with Crippen molar-refractivity contribution in [1.82, 2.24) is 4.98 Å². The van der Waals surface area contributed by atoms with Crippen molar-refractivity contribution in [1.29, 1.82) is 0 Å². The largest absolute Gasteiger partial charge is 0.377 e. The summed E-state index contributed by atoms with van der Waals surface area (Å²) in [5.74, 6) is 0. The van der Waals surface area contributed by atoms with Gasteiger partial charge in [-0.05, 0) is 35.5 Å². The SMILES string of the molecule is FC(F)(Cl)Sc1ccc(Cl)[nH]1. The van der Waals surface area contributed by atoms with Gasteiger partial charge in [-0.15, -0.1) is 0 Å². The van der Waals surface area contributed by atoms with Crippen LogP contribution in [-0.4, -0.2) is 9.70 Å². The van der Waals surface area contributed by atoms with Crippen LogP contribution in [0.1, 0.15) is 0 Å². The smallest absolute Gasteiger partial charge is 0.341 e. The van der Waals surface area contributed by atoms with Gasteiger partial charge in [-0.2, -0.15) is 8.78 Å². The number of rotatable bonds is 2. The highest BCUT2D eigenvalue weighted by Gasteiger charge is 2.26. The molecule has 1 N–H and O–H groups in total. The van der Waals surface area contributed by atoms with Crippen LogP contribution in [0.2, 0.25) is 5.15 Å². The zero-order valence-electron chi connectivity index (χ0n) is 5.07. The molecule has 0 aliphatic rings. The van der Waals surface area contributed by atoms with Crippen molar-refractivity contribution >= 4 is 35.0 Å². The first-order valence-corrected chi connectivity index (χ1v) is 4.15. The molecule has 0 radical (unpaired) electrons. The predicted molar refractivity (Wildman–Crippen MR) is 42.5 cm³/mol. The Morgan fingerprint density at radius 2 is 2.09 bits per heavy atom. The van der Waals surface area contributed by atoms with Crippen molar-refractivity contribution in [2.24, 2.45) is 0 Å². The standard InChI is InChI=1S/C5H3Cl2F2NS/c6-3-1-2-4(10-3)11-5(7,8)9/h1-2,10H. The zero-order chi connectivity index (χ0) is 8.48. The number of H-pyrrole nitrogens is 1. The molecule has 11 heavy (non-hydrogen) atoms. The number of alkyl halides is 3. The summed E-state index contributed by atoms with van der Waals surface area (Å²) < 4.78 is 20.9. The third-order valence-corrected chi connectivity index (χ3v) is 1.99. The van der Waals surface area contributed by atoms with Crippen LogP contribution < -0.4 is 0 Å². The lowest BCUT2D eigenvalue weighted by atomic mass is 10.7. The second kappa shape index (κ2) is 3.21. The Morgan fingerprint density at radius 1 is 1.45 bits per heavy atom. The fourth-order valence-electron chi connectivity index (χ4n) is 0.534. The molecule has 6 heteroatoms. The molecule has 1 aromatic rings. The molecule has 0 saturated carbocycles. The van der Waals surface area contributed by atoms with E-state index < -0.39 is 4.71 Å². The number of nitrogens with one attached hydrogen (secondary N) is 1. The molecule has 0 unspecified atom stereocenters. The van der Waals surface area contributed by atoms with Crippen LogP contribution in [0.15, 0.2) is 17.2 Å². The number of halogens is 4. The monoisotopic (exact) mass is 217 g/mol. The molecule has 1 heterocycles. The first-order valence-electron chi connectivity index (χ1n) is 2.57. The summed E-state index contributed by atoms with van der Waals surface area (Å²) in [4.78, 5) is 2.50. The number of aromatic nitrogens is 1. The molecule has 0 aliphatic carbocycles. The molecule has 0 amide bonds. The number of aromatic amines is 1. The van der Waals surface area contributed by atoms with Crippen molar-refractivity contribution in [3.05, 3.63) is 17.3 Å². The lowest BCUT2D eigenvalue weighted by Crippen LogP contribution is -1.96. The van der Waals surface area contributed by atoms with Gasteiger partial charge in [0, 0.05) is 0 Å². The molecular weight excluding hydrogens is 215 g/mol. The summed E-state index contributed by atoms with van der Waals surface area (Å²) >= 11 is 10.3. The minimum Gasteiger partial charge on any atom is -0.341 e. The highest BCUT2D eigenvalue weighted by molar-refractivity contribution is 8.01. The highest BCUT2D eigenvalue weighted by Crippen LogP contribution is 2.38. The van der Waals surface area contributed by atoms with Crippen molar-refractivity contribution in [2.75, 3.05) is 0 Å². The quantitative estimate of drug-likeness (QED) is 0.592. The van der Waals surface area contributed by atoms with E-state index in [1.54, 1.807) is 0 Å². The van der Waals surface area contributed by atoms with Crippen LogP contribution in [-0.2, 0) is 0 Å². The number of hydrogen-bond acceptors (Lipinski definition) is 1. The topological polar surface area (TPSA) is 15.8 Å². The fourth-order valence-corrected chi connectivity index (χ4v) is 1.55. The molecule has 0 atom stereocenters. The lowest BCUT2D eigenvalue weighted by molar-refractivity contribution is 0.203. The van der Waals surface area contributed by atoms with Crippen molar-refractivity contribution in [2.45, 2.75) is 9.74 Å². The second-order valence-corrected chi connectivity index (χ2v) is 3.98. The predicted octanol–water partition coefficient (Wildman–Crippen LogP) is 3.55. The Kier molecular flexibility index (Phi) is 2.67. The molecule has 0 aliphatic heterocycles. The van der Waals surface area contributed by atoms with E-state index in [4.69, 9.17) is 11.6 Å². The molecule has 62 valence electrons. The molecule has 0 spiro atoms. The van der Waals surface area contributed by atoms with E-state index in [-0.39, 0.29) is 16.8 Å². The van der Waals surface area contributed by atoms with Crippen LogP contribution in [0.3, 0.4) is 0 Å². The maximum absolute atomic E-state index is 12.1. The van der Waals surface area contributed by atoms with Crippen molar-refractivity contribution in [3.8, 4) is 0 Å². The summed E-state index contributed by atoms with van der Waals surface area (Å²) in [6.07, 6.45) is 0. The van der Waals surface area contributed by atoms with Crippen LogP contribution in [0.25, 0.3) is 0 Å². The van der Waals surface area contributed by atoms with Gasteiger partial charge in [0.1, 0.15) is 5.15 Å². The van der Waals surface area contributed by atoms with E-state index in [2.05, 4.69) is 16.6 Å². The number of hydrogen-bond donors (Lipinski definition) is 1. The van der Waals surface area contributed by atoms with Gasteiger partial charge in [0.25, 0.3) is 0 Å². The molecule has 0 bridgehead atoms. The molecule has 1 aromatic heterocycles. The Balaban J connectivity index is 2.65. The summed E-state index contributed by atoms with van der Waals surface area (Å²) in [6, 6.07) is 2.91. The maximum atomic E-state index is 12.1. The van der Waals surface area contributed by atoms with Crippen LogP contribution in [0.4, 0.5) is 8.78 Å². The normalized spacial score (nSPS) is 12.0. The van der Waals surface area contributed by atoms with Gasteiger partial charge < -0.3 is 4.98 Å². The van der Waals surface area contributed by atoms with E-state index >= 15 is 0 Å². The van der Waals surface area contributed by atoms with Gasteiger partial charge in [0.2, 0.25) is 0 Å². The Hall–Kier alpha value is 0.0700. The Bertz CT molecular complexity index is 245. The zero-order valence-corrected chi connectivity index (χ0v) is 7.40. The van der Waals surface area contributed by atoms with Crippen LogP contribution in [0, 0.1) is 0 Å². The van der Waals surface area contributed by atoms with Gasteiger partial charge in [-0.1, -0.05) is 11.6 Å². The first kappa shape index (κ1) is 9.16. The van der Waals surface area contributed by atoms with Gasteiger partial charge in [-0.25, -0.2) is 0 Å². The van der Waals surface area contributed by atoms with Gasteiger partial charge in [-0.3, -0.25) is 0 Å². The summed E-state index contributed by atoms with van der Waals surface area (Å²) in [5.41, 5.74) is 0. The van der Waals surface area contributed by atoms with Crippen LogP contribution in [0.5, 0.6) is 0 Å². The van der Waals surface area contributed by atoms with E-state index in [1.807, 2.05) is 0 Å². The first-order chi connectivity index (χ1) is 4.97. The Morgan fingerprint density at radius 3 is 2.45 bits per heavy atom. The minimum absolute atomic E-state index is 0.214. The molecule has 1 rings (SSSR count). The Labute approximate surface area is 76.1 Å². The average Bonchev–Trinajstić information content (AvgIpc) is 2.10. The van der Waals surface area contributed by atoms with E-state index in [1.165, 1.54) is 12.1 Å². The summed E-state index contributed by atoms with van der Waals surface area (Å²) in [6.45, 7) is 0. The number of thioether (sulfide) groups is 1. The third kappa shape index (κ3) is 3.31. The van der Waals surface area contributed by atoms with Gasteiger partial charge >= 0.3 is 4.71 Å². The van der Waals surface area contributed by atoms with Crippen molar-refractivity contribution in [3.63, 3.8) is 0 Å². The van der Waals surface area contributed by atoms with Crippen LogP contribution >= 0.6 is 35.0 Å². The fraction of sp³-hybridized carbons (Fsp3) is 0.200. The second-order valence-electron chi connectivity index (χ2n) is 1.72. The lowest BCUT2D eigenvalue weighted by Gasteiger charge is -2.03. The maximum Gasteiger partial charge on any atom is 0.377 e. The minimum atomic E-state index is -3.28. The molecule has 0 fully saturated rings. The van der Waals surface area contributed by atoms with Gasteiger partial charge in [0.15, 0.2) is 0 Å². The van der Waals surface area contributed by atoms with E-state index in [0.717, 1.165) is 0 Å². The molecule has 0 aromatic carbocycles. The summed E-state index contributed by atoms with van der Waals surface area (Å²) in [7, 11) is 0. The van der Waals surface area contributed by atoms with Gasteiger partial charge in [0.05, 0.1) is 5.03 Å². The third-order valence-electron chi connectivity index (χ3n) is 0.849. The molecule has 1 nitrogen and oxygen atoms in total. The van der Waals surface area contributed by atoms with E-state index in [0.29, 0.717) is 5.15 Å².